The second-order valence-electron chi connectivity index (χ2n) is 6.66. The van der Waals surface area contributed by atoms with Gasteiger partial charge in [0.05, 0.1) is 13.2 Å². The highest BCUT2D eigenvalue weighted by atomic mass is 19.1. The summed E-state index contributed by atoms with van der Waals surface area (Å²) in [5.41, 5.74) is 1.95. The Hall–Kier alpha value is -2.96. The molecule has 150 valence electrons. The molecule has 0 aliphatic carbocycles. The highest BCUT2D eigenvalue weighted by Gasteiger charge is 2.31. The van der Waals surface area contributed by atoms with Crippen LogP contribution in [-0.2, 0) is 4.74 Å². The number of nitrogens with zero attached hydrogens (tertiary/aromatic N) is 1. The van der Waals surface area contributed by atoms with Crippen LogP contribution in [0.25, 0.3) is 0 Å². The minimum atomic E-state index is -0.754. The number of aryl methyl sites for hydroxylation is 1. The maximum atomic E-state index is 13.2. The molecule has 0 aliphatic rings. The summed E-state index contributed by atoms with van der Waals surface area (Å²) >= 11 is 0. The normalized spacial score (nSPS) is 11.8. The molecule has 0 saturated carbocycles. The van der Waals surface area contributed by atoms with Gasteiger partial charge in [-0.3, -0.25) is 9.59 Å². The molecule has 1 amide bonds. The first-order chi connectivity index (χ1) is 13.2. The van der Waals surface area contributed by atoms with Crippen LogP contribution in [0.4, 0.5) is 4.39 Å². The van der Waals surface area contributed by atoms with Gasteiger partial charge in [0.1, 0.15) is 11.5 Å². The van der Waals surface area contributed by atoms with Gasteiger partial charge in [-0.1, -0.05) is 6.92 Å². The summed E-state index contributed by atoms with van der Waals surface area (Å²) in [5.74, 6) is -1.61. The van der Waals surface area contributed by atoms with E-state index in [1.807, 2.05) is 6.92 Å². The Kier molecular flexibility index (Phi) is 6.72. The number of benzene rings is 1. The fourth-order valence-corrected chi connectivity index (χ4v) is 3.25. The summed E-state index contributed by atoms with van der Waals surface area (Å²) in [4.78, 5) is 42.4. The maximum absolute atomic E-state index is 13.2. The lowest BCUT2D eigenvalue weighted by atomic mass is 9.99. The van der Waals surface area contributed by atoms with E-state index in [1.165, 1.54) is 36.3 Å². The number of carbonyl (C=O) groups excluding carboxylic acids is 3. The number of hydrogen-bond acceptors (Lipinski definition) is 4. The Balaban J connectivity index is 2.37. The predicted molar refractivity (Wildman–Crippen MR) is 103 cm³/mol. The molecule has 0 spiro atoms. The molecule has 6 nitrogen and oxygen atoms in total. The molecule has 0 unspecified atom stereocenters. The Labute approximate surface area is 163 Å². The lowest BCUT2D eigenvalue weighted by molar-refractivity contribution is 0.0592. The molecule has 2 aromatic rings. The summed E-state index contributed by atoms with van der Waals surface area (Å²) in [7, 11) is 1.27. The highest BCUT2D eigenvalue weighted by molar-refractivity contribution is 6.07. The van der Waals surface area contributed by atoms with E-state index in [-0.39, 0.29) is 17.4 Å². The Morgan fingerprint density at radius 3 is 2.32 bits per heavy atom. The molecule has 1 N–H and O–H groups in total. The number of nitrogens with one attached hydrogen (secondary N) is 1. The number of amides is 1. The molecular weight excluding hydrogens is 363 g/mol. The number of rotatable bonds is 7. The van der Waals surface area contributed by atoms with Crippen molar-refractivity contribution in [2.24, 2.45) is 0 Å². The van der Waals surface area contributed by atoms with Gasteiger partial charge in [-0.25, -0.2) is 9.18 Å². The van der Waals surface area contributed by atoms with Crippen molar-refractivity contribution in [2.75, 3.05) is 13.7 Å². The smallest absolute Gasteiger partial charge is 0.354 e. The number of aromatic amines is 1. The van der Waals surface area contributed by atoms with Gasteiger partial charge in [-0.2, -0.15) is 0 Å². The summed E-state index contributed by atoms with van der Waals surface area (Å²) in [6, 6.07) is 4.48. The molecule has 1 aromatic heterocycles. The number of esters is 1. The minimum absolute atomic E-state index is 0.224. The first-order valence-corrected chi connectivity index (χ1v) is 9.11. The minimum Gasteiger partial charge on any atom is -0.464 e. The average molecular weight is 388 g/mol. The van der Waals surface area contributed by atoms with Crippen LogP contribution in [-0.4, -0.2) is 47.2 Å². The van der Waals surface area contributed by atoms with Gasteiger partial charge in [-0.15, -0.1) is 0 Å². The van der Waals surface area contributed by atoms with Crippen molar-refractivity contribution in [3.8, 4) is 0 Å². The summed E-state index contributed by atoms with van der Waals surface area (Å²) in [6.07, 6.45) is 0.656. The fourth-order valence-electron chi connectivity index (χ4n) is 3.25. The van der Waals surface area contributed by atoms with E-state index in [2.05, 4.69) is 4.98 Å². The third-order valence-corrected chi connectivity index (χ3v) is 4.74. The monoisotopic (exact) mass is 388 g/mol. The number of methoxy groups -OCH3 is 1. The molecule has 7 heteroatoms. The van der Waals surface area contributed by atoms with Gasteiger partial charge in [0.2, 0.25) is 0 Å². The Bertz CT molecular complexity index is 887. The molecular formula is C21H25FN2O4. The van der Waals surface area contributed by atoms with Crippen LogP contribution in [0, 0.1) is 19.7 Å². The largest absolute Gasteiger partial charge is 0.464 e. The van der Waals surface area contributed by atoms with Crippen LogP contribution in [0.1, 0.15) is 62.7 Å². The number of ether oxygens (including phenoxy) is 1. The van der Waals surface area contributed by atoms with Crippen LogP contribution in [0.15, 0.2) is 24.3 Å². The third kappa shape index (κ3) is 4.13. The zero-order valence-corrected chi connectivity index (χ0v) is 16.8. The zero-order valence-electron chi connectivity index (χ0n) is 16.8. The Morgan fingerprint density at radius 1 is 1.18 bits per heavy atom. The van der Waals surface area contributed by atoms with E-state index in [4.69, 9.17) is 4.74 Å². The van der Waals surface area contributed by atoms with Crippen LogP contribution < -0.4 is 0 Å². The number of aromatic nitrogens is 1. The number of halogens is 1. The standard InChI is InChI=1S/C21H25FN2O4/c1-6-11-24(20(26)15-7-9-16(22)10-8-15)14(4)19(25)17-12(2)18(21(27)28-5)23-13(17)3/h7-10,14,23H,6,11H2,1-5H3/t14-/m0/s1. The third-order valence-electron chi connectivity index (χ3n) is 4.74. The SMILES string of the molecule is CCCN(C(=O)c1ccc(F)cc1)[C@@H](C)C(=O)c1c(C)[nH]c(C(=O)OC)c1C. The van der Waals surface area contributed by atoms with Crippen LogP contribution in [0.3, 0.4) is 0 Å². The molecule has 0 bridgehead atoms. The van der Waals surface area contributed by atoms with Gasteiger partial charge >= 0.3 is 5.97 Å². The van der Waals surface area contributed by atoms with Crippen LogP contribution in [0.5, 0.6) is 0 Å². The van der Waals surface area contributed by atoms with Gasteiger partial charge < -0.3 is 14.6 Å². The van der Waals surface area contributed by atoms with Gasteiger partial charge in [-0.05, 0) is 57.0 Å². The molecule has 1 atom stereocenters. The molecule has 1 aromatic carbocycles. The molecule has 2 rings (SSSR count). The second kappa shape index (κ2) is 8.82. The van der Waals surface area contributed by atoms with E-state index in [9.17, 15) is 18.8 Å². The number of H-pyrrole nitrogens is 1. The predicted octanol–water partition coefficient (Wildman–Crippen LogP) is 3.68. The van der Waals surface area contributed by atoms with Crippen molar-refractivity contribution in [1.29, 1.82) is 0 Å². The maximum Gasteiger partial charge on any atom is 0.354 e. The van der Waals surface area contributed by atoms with Crippen molar-refractivity contribution in [1.82, 2.24) is 9.88 Å². The number of hydrogen-bond donors (Lipinski definition) is 1. The fraction of sp³-hybridized carbons (Fsp3) is 0.381. The van der Waals surface area contributed by atoms with E-state index in [1.54, 1.807) is 20.8 Å². The Morgan fingerprint density at radius 2 is 1.79 bits per heavy atom. The van der Waals surface area contributed by atoms with Crippen molar-refractivity contribution >= 4 is 17.7 Å². The van der Waals surface area contributed by atoms with Crippen molar-refractivity contribution in [3.05, 3.63) is 58.2 Å². The van der Waals surface area contributed by atoms with Crippen LogP contribution in [0.2, 0.25) is 0 Å². The van der Waals surface area contributed by atoms with Crippen LogP contribution >= 0.6 is 0 Å². The molecule has 28 heavy (non-hydrogen) atoms. The van der Waals surface area contributed by atoms with Crippen molar-refractivity contribution < 1.29 is 23.5 Å². The summed E-state index contributed by atoms with van der Waals surface area (Å²) < 4.78 is 17.9. The quantitative estimate of drug-likeness (QED) is 0.580. The molecule has 0 fully saturated rings. The average Bonchev–Trinajstić information content (AvgIpc) is 2.98. The second-order valence-corrected chi connectivity index (χ2v) is 6.66. The topological polar surface area (TPSA) is 79.5 Å². The van der Waals surface area contributed by atoms with Gasteiger partial charge in [0, 0.05) is 23.4 Å². The highest BCUT2D eigenvalue weighted by Crippen LogP contribution is 2.23. The van der Waals surface area contributed by atoms with E-state index in [0.717, 1.165) is 0 Å². The molecule has 0 saturated heterocycles. The molecule has 0 radical (unpaired) electrons. The molecule has 0 aliphatic heterocycles. The number of ketones is 1. The lowest BCUT2D eigenvalue weighted by Gasteiger charge is -2.28. The molecule has 1 heterocycles. The summed E-state index contributed by atoms with van der Waals surface area (Å²) in [6.45, 7) is 7.30. The summed E-state index contributed by atoms with van der Waals surface area (Å²) in [5, 5.41) is 0. The van der Waals surface area contributed by atoms with Crippen molar-refractivity contribution in [3.63, 3.8) is 0 Å². The first kappa shape index (κ1) is 21.3. The van der Waals surface area contributed by atoms with Crippen molar-refractivity contribution in [2.45, 2.75) is 40.2 Å². The number of Topliss-reactive ketones (excluding diaryl/α,β-unsaturated/α-hetero) is 1. The first-order valence-electron chi connectivity index (χ1n) is 9.11. The lowest BCUT2D eigenvalue weighted by Crippen LogP contribution is -2.44. The van der Waals surface area contributed by atoms with E-state index in [0.29, 0.717) is 35.3 Å². The van der Waals surface area contributed by atoms with Gasteiger partial charge in [0.15, 0.2) is 5.78 Å². The van der Waals surface area contributed by atoms with E-state index < -0.39 is 17.8 Å². The zero-order chi connectivity index (χ0) is 21.0. The van der Waals surface area contributed by atoms with Gasteiger partial charge in [0.25, 0.3) is 5.91 Å². The number of carbonyl (C=O) groups is 3. The van der Waals surface area contributed by atoms with E-state index >= 15 is 0 Å².